The predicted octanol–water partition coefficient (Wildman–Crippen LogP) is 1.88. The Morgan fingerprint density at radius 1 is 1.39 bits per heavy atom. The zero-order valence-electron chi connectivity index (χ0n) is 13.2. The van der Waals surface area contributed by atoms with Crippen LogP contribution >= 0.6 is 11.3 Å². The normalized spacial score (nSPS) is 19.5. The van der Waals surface area contributed by atoms with Crippen LogP contribution in [0.25, 0.3) is 10.7 Å². The number of aromatic nitrogens is 2. The van der Waals surface area contributed by atoms with Gasteiger partial charge in [-0.2, -0.15) is 17.0 Å². The van der Waals surface area contributed by atoms with Gasteiger partial charge in [0.1, 0.15) is 5.01 Å². The van der Waals surface area contributed by atoms with Crippen LogP contribution in [0.4, 0.5) is 0 Å². The Morgan fingerprint density at radius 3 is 2.91 bits per heavy atom. The smallest absolute Gasteiger partial charge is 0.250 e. The molecule has 2 aromatic heterocycles. The number of nitrogens with zero attached hydrogens (tertiary/aromatic N) is 4. The molecule has 0 spiro atoms. The lowest BCUT2D eigenvalue weighted by atomic mass is 10.0. The first kappa shape index (κ1) is 16.5. The maximum Gasteiger partial charge on any atom is 0.281 e. The molecule has 0 aromatic carbocycles. The monoisotopic (exact) mass is 352 g/mol. The minimum atomic E-state index is -3.31. The van der Waals surface area contributed by atoms with Crippen molar-refractivity contribution >= 4 is 21.5 Å². The highest BCUT2D eigenvalue weighted by atomic mass is 32.2. The molecule has 0 saturated carbocycles. The van der Waals surface area contributed by atoms with E-state index >= 15 is 0 Å². The minimum Gasteiger partial charge on any atom is -0.250 e. The van der Waals surface area contributed by atoms with Crippen LogP contribution in [0.15, 0.2) is 29.8 Å². The second-order valence-electron chi connectivity index (χ2n) is 5.86. The molecule has 0 aliphatic carbocycles. The summed E-state index contributed by atoms with van der Waals surface area (Å²) in [5, 5.41) is 2.85. The number of hydrogen-bond acceptors (Lipinski definition) is 5. The first-order valence-corrected chi connectivity index (χ1v) is 9.78. The van der Waals surface area contributed by atoms with E-state index < -0.39 is 10.2 Å². The number of hydrogen-bond donors (Lipinski definition) is 0. The van der Waals surface area contributed by atoms with Crippen LogP contribution in [0.1, 0.15) is 12.1 Å². The number of pyridine rings is 1. The van der Waals surface area contributed by atoms with E-state index in [0.29, 0.717) is 19.0 Å². The van der Waals surface area contributed by atoms with Crippen molar-refractivity contribution in [1.82, 2.24) is 18.6 Å². The largest absolute Gasteiger partial charge is 0.281 e. The molecular formula is C15H20N4O2S2. The van der Waals surface area contributed by atoms with Gasteiger partial charge < -0.3 is 0 Å². The molecule has 124 valence electrons. The van der Waals surface area contributed by atoms with Gasteiger partial charge in [0, 0.05) is 44.5 Å². The molecule has 23 heavy (non-hydrogen) atoms. The third-order valence-corrected chi connectivity index (χ3v) is 6.70. The molecule has 0 radical (unpaired) electrons. The molecule has 1 atom stereocenters. The van der Waals surface area contributed by atoms with Crippen LogP contribution in [0, 0.1) is 5.92 Å². The number of thiazole rings is 1. The Balaban J connectivity index is 1.68. The molecule has 1 unspecified atom stereocenters. The number of rotatable bonds is 5. The van der Waals surface area contributed by atoms with Crippen molar-refractivity contribution < 1.29 is 8.42 Å². The average Bonchev–Trinajstić information content (AvgIpc) is 3.19. The van der Waals surface area contributed by atoms with Crippen molar-refractivity contribution in [2.75, 3.05) is 27.2 Å². The van der Waals surface area contributed by atoms with Crippen molar-refractivity contribution in [1.29, 1.82) is 0 Å². The third kappa shape index (κ3) is 3.60. The summed E-state index contributed by atoms with van der Waals surface area (Å²) in [4.78, 5) is 8.96. The lowest BCUT2D eigenvalue weighted by molar-refractivity contribution is 0.409. The van der Waals surface area contributed by atoms with Gasteiger partial charge in [0.25, 0.3) is 10.2 Å². The fraction of sp³-hybridized carbons (Fsp3) is 0.467. The van der Waals surface area contributed by atoms with Gasteiger partial charge in [-0.05, 0) is 30.9 Å². The van der Waals surface area contributed by atoms with Crippen molar-refractivity contribution in [3.05, 3.63) is 35.5 Å². The fourth-order valence-electron chi connectivity index (χ4n) is 2.76. The summed E-state index contributed by atoms with van der Waals surface area (Å²) in [6.45, 7) is 1.14. The Bertz CT molecular complexity index is 760. The third-order valence-electron chi connectivity index (χ3n) is 3.99. The van der Waals surface area contributed by atoms with E-state index in [0.717, 1.165) is 29.2 Å². The highest BCUT2D eigenvalue weighted by molar-refractivity contribution is 7.86. The van der Waals surface area contributed by atoms with Gasteiger partial charge in [-0.15, -0.1) is 11.3 Å². The molecular weight excluding hydrogens is 332 g/mol. The van der Waals surface area contributed by atoms with E-state index in [1.165, 1.54) is 4.31 Å². The van der Waals surface area contributed by atoms with E-state index in [1.807, 2.05) is 23.6 Å². The summed E-state index contributed by atoms with van der Waals surface area (Å²) in [6, 6.07) is 5.95. The van der Waals surface area contributed by atoms with Gasteiger partial charge in [0.2, 0.25) is 0 Å². The molecule has 0 amide bonds. The molecule has 8 heteroatoms. The molecule has 2 aromatic rings. The Kier molecular flexibility index (Phi) is 4.77. The maximum absolute atomic E-state index is 12.2. The molecule has 1 aliphatic heterocycles. The van der Waals surface area contributed by atoms with E-state index in [2.05, 4.69) is 9.97 Å². The highest BCUT2D eigenvalue weighted by Crippen LogP contribution is 2.25. The van der Waals surface area contributed by atoms with Crippen molar-refractivity contribution in [2.24, 2.45) is 5.92 Å². The highest BCUT2D eigenvalue weighted by Gasteiger charge is 2.32. The van der Waals surface area contributed by atoms with Crippen LogP contribution in [-0.4, -0.2) is 54.2 Å². The van der Waals surface area contributed by atoms with Crippen molar-refractivity contribution in [2.45, 2.75) is 12.8 Å². The summed E-state index contributed by atoms with van der Waals surface area (Å²) in [7, 11) is -0.165. The Morgan fingerprint density at radius 2 is 2.22 bits per heavy atom. The summed E-state index contributed by atoms with van der Waals surface area (Å²) < 4.78 is 27.2. The van der Waals surface area contributed by atoms with Crippen molar-refractivity contribution in [3.63, 3.8) is 0 Å². The van der Waals surface area contributed by atoms with Crippen LogP contribution in [0.5, 0.6) is 0 Å². The van der Waals surface area contributed by atoms with Gasteiger partial charge in [-0.3, -0.25) is 4.98 Å². The lowest BCUT2D eigenvalue weighted by Gasteiger charge is -2.20. The second kappa shape index (κ2) is 6.64. The van der Waals surface area contributed by atoms with Gasteiger partial charge in [-0.1, -0.05) is 6.07 Å². The summed E-state index contributed by atoms with van der Waals surface area (Å²) >= 11 is 1.57. The summed E-state index contributed by atoms with van der Waals surface area (Å²) in [6.07, 6.45) is 3.43. The topological polar surface area (TPSA) is 66.4 Å². The van der Waals surface area contributed by atoms with E-state index in [9.17, 15) is 8.42 Å². The zero-order valence-corrected chi connectivity index (χ0v) is 14.8. The Labute approximate surface area is 141 Å². The molecule has 0 N–H and O–H groups in total. The van der Waals surface area contributed by atoms with Crippen LogP contribution < -0.4 is 0 Å². The predicted molar refractivity (Wildman–Crippen MR) is 91.3 cm³/mol. The first-order chi connectivity index (χ1) is 11.0. The van der Waals surface area contributed by atoms with Gasteiger partial charge >= 0.3 is 0 Å². The van der Waals surface area contributed by atoms with E-state index in [4.69, 9.17) is 0 Å². The molecule has 1 saturated heterocycles. The lowest BCUT2D eigenvalue weighted by Crippen LogP contribution is -2.38. The zero-order chi connectivity index (χ0) is 16.4. The maximum atomic E-state index is 12.2. The standard InChI is InChI=1S/C15H20N4O2S2/c1-18(2)23(20,21)19-8-6-12(11-19)10-13-4-3-5-14(17-13)15-16-7-9-22-15/h3-5,7,9,12H,6,8,10-11H2,1-2H3. The SMILES string of the molecule is CN(C)S(=O)(=O)N1CCC(Cc2cccc(-c3nccs3)n2)C1. The molecule has 6 nitrogen and oxygen atoms in total. The van der Waals surface area contributed by atoms with Gasteiger partial charge in [-0.25, -0.2) is 4.98 Å². The summed E-state index contributed by atoms with van der Waals surface area (Å²) in [5.41, 5.74) is 1.88. The quantitative estimate of drug-likeness (QED) is 0.824. The first-order valence-electron chi connectivity index (χ1n) is 7.50. The molecule has 3 rings (SSSR count). The second-order valence-corrected chi connectivity index (χ2v) is 8.90. The van der Waals surface area contributed by atoms with Gasteiger partial charge in [0.15, 0.2) is 0 Å². The van der Waals surface area contributed by atoms with Crippen molar-refractivity contribution in [3.8, 4) is 10.7 Å². The molecule has 0 bridgehead atoms. The van der Waals surface area contributed by atoms with Crippen LogP contribution in [0.2, 0.25) is 0 Å². The van der Waals surface area contributed by atoms with Gasteiger partial charge in [0.05, 0.1) is 5.69 Å². The van der Waals surface area contributed by atoms with E-state index in [-0.39, 0.29) is 0 Å². The average molecular weight is 352 g/mol. The fourth-order valence-corrected chi connectivity index (χ4v) is 4.57. The summed E-state index contributed by atoms with van der Waals surface area (Å²) in [5.74, 6) is 0.309. The molecule has 1 aliphatic rings. The Hall–Kier alpha value is -1.35. The van der Waals surface area contributed by atoms with Crippen LogP contribution in [0.3, 0.4) is 0 Å². The van der Waals surface area contributed by atoms with E-state index in [1.54, 1.807) is 35.9 Å². The molecule has 1 fully saturated rings. The molecule has 3 heterocycles. The van der Waals surface area contributed by atoms with Crippen LogP contribution in [-0.2, 0) is 16.6 Å². The minimum absolute atomic E-state index is 0.309.